The number of urea groups is 1. The van der Waals surface area contributed by atoms with Gasteiger partial charge in [-0.15, -0.1) is 0 Å². The number of carbonyl (C=O) groups excluding carboxylic acids is 1. The number of hydrogen-bond donors (Lipinski definition) is 2. The Labute approximate surface area is 139 Å². The van der Waals surface area contributed by atoms with E-state index in [0.29, 0.717) is 29.3 Å². The molecule has 128 valence electrons. The van der Waals surface area contributed by atoms with Gasteiger partial charge in [-0.25, -0.2) is 9.78 Å². The number of nitrogens with zero attached hydrogens (tertiary/aromatic N) is 2. The van der Waals surface area contributed by atoms with E-state index in [1.807, 2.05) is 0 Å². The molecular weight excluding hydrogens is 312 g/mol. The van der Waals surface area contributed by atoms with Gasteiger partial charge in [0.05, 0.1) is 26.2 Å². The molecule has 2 aromatic rings. The van der Waals surface area contributed by atoms with Crippen LogP contribution in [0.4, 0.5) is 10.5 Å². The summed E-state index contributed by atoms with van der Waals surface area (Å²) in [6.07, 6.45) is 2.95. The zero-order valence-corrected chi connectivity index (χ0v) is 13.8. The van der Waals surface area contributed by atoms with Gasteiger partial charge in [-0.3, -0.25) is 9.36 Å². The number of benzene rings is 1. The largest absolute Gasteiger partial charge is 0.497 e. The van der Waals surface area contributed by atoms with Gasteiger partial charge in [0.25, 0.3) is 5.56 Å². The Morgan fingerprint density at radius 1 is 1.29 bits per heavy atom. The number of carbonyl (C=O) groups is 1. The molecule has 1 aromatic carbocycles. The van der Waals surface area contributed by atoms with Crippen LogP contribution >= 0.6 is 0 Å². The Balaban J connectivity index is 1.94. The van der Waals surface area contributed by atoms with Gasteiger partial charge in [-0.2, -0.15) is 0 Å². The molecule has 0 aliphatic rings. The van der Waals surface area contributed by atoms with Crippen LogP contribution in [-0.2, 0) is 6.54 Å². The molecule has 8 nitrogen and oxygen atoms in total. The van der Waals surface area contributed by atoms with Crippen molar-refractivity contribution in [2.75, 3.05) is 26.1 Å². The second-order valence-corrected chi connectivity index (χ2v) is 5.02. The molecule has 2 N–H and O–H groups in total. The van der Waals surface area contributed by atoms with Crippen molar-refractivity contribution in [1.29, 1.82) is 0 Å². The second kappa shape index (κ2) is 8.00. The van der Waals surface area contributed by atoms with E-state index in [9.17, 15) is 9.59 Å². The number of aryl methyl sites for hydroxylation is 1. The van der Waals surface area contributed by atoms with E-state index in [1.165, 1.54) is 24.2 Å². The van der Waals surface area contributed by atoms with Crippen molar-refractivity contribution >= 4 is 11.7 Å². The van der Waals surface area contributed by atoms with Crippen LogP contribution < -0.4 is 25.7 Å². The topological polar surface area (TPSA) is 94.5 Å². The van der Waals surface area contributed by atoms with Gasteiger partial charge in [-0.1, -0.05) is 0 Å². The summed E-state index contributed by atoms with van der Waals surface area (Å²) >= 11 is 0. The molecule has 0 spiro atoms. The zero-order chi connectivity index (χ0) is 17.5. The number of rotatable bonds is 6. The molecule has 0 radical (unpaired) electrons. The van der Waals surface area contributed by atoms with Gasteiger partial charge in [-0.05, 0) is 19.1 Å². The van der Waals surface area contributed by atoms with Gasteiger partial charge >= 0.3 is 6.03 Å². The predicted molar refractivity (Wildman–Crippen MR) is 89.8 cm³/mol. The maximum Gasteiger partial charge on any atom is 0.319 e. The highest BCUT2D eigenvalue weighted by Gasteiger charge is 2.09. The molecule has 0 bridgehead atoms. The molecule has 2 amide bonds. The van der Waals surface area contributed by atoms with Crippen LogP contribution in [0.25, 0.3) is 0 Å². The lowest BCUT2D eigenvalue weighted by molar-refractivity contribution is 0.251. The summed E-state index contributed by atoms with van der Waals surface area (Å²) in [7, 11) is 3.06. The summed E-state index contributed by atoms with van der Waals surface area (Å²) in [6.45, 7) is 2.31. The molecule has 1 aromatic heterocycles. The van der Waals surface area contributed by atoms with E-state index in [0.717, 1.165) is 0 Å². The van der Waals surface area contributed by atoms with Crippen molar-refractivity contribution in [1.82, 2.24) is 14.9 Å². The molecule has 2 rings (SSSR count). The van der Waals surface area contributed by atoms with E-state index in [1.54, 1.807) is 32.2 Å². The first kappa shape index (κ1) is 17.3. The minimum absolute atomic E-state index is 0.123. The van der Waals surface area contributed by atoms with E-state index in [-0.39, 0.29) is 12.1 Å². The number of amides is 2. The third-order valence-electron chi connectivity index (χ3n) is 3.37. The minimum Gasteiger partial charge on any atom is -0.497 e. The summed E-state index contributed by atoms with van der Waals surface area (Å²) in [4.78, 5) is 27.8. The van der Waals surface area contributed by atoms with Crippen LogP contribution in [0.15, 0.2) is 35.5 Å². The highest BCUT2D eigenvalue weighted by atomic mass is 16.5. The summed E-state index contributed by atoms with van der Waals surface area (Å²) < 4.78 is 11.8. The van der Waals surface area contributed by atoms with Crippen LogP contribution in [0.3, 0.4) is 0 Å². The fourth-order valence-electron chi connectivity index (χ4n) is 2.09. The third-order valence-corrected chi connectivity index (χ3v) is 3.37. The smallest absolute Gasteiger partial charge is 0.319 e. The average molecular weight is 332 g/mol. The van der Waals surface area contributed by atoms with Crippen LogP contribution in [0.1, 0.15) is 5.56 Å². The first-order chi connectivity index (χ1) is 11.5. The molecule has 0 atom stereocenters. The first-order valence-electron chi connectivity index (χ1n) is 7.33. The van der Waals surface area contributed by atoms with E-state index in [4.69, 9.17) is 9.47 Å². The number of hydrogen-bond acceptors (Lipinski definition) is 5. The van der Waals surface area contributed by atoms with Crippen LogP contribution in [0.5, 0.6) is 11.5 Å². The SMILES string of the molecule is COc1ccc(OC)c(NC(=O)NCCn2cncc(C)c2=O)c1. The second-order valence-electron chi connectivity index (χ2n) is 5.02. The van der Waals surface area contributed by atoms with E-state index in [2.05, 4.69) is 15.6 Å². The fourth-order valence-corrected chi connectivity index (χ4v) is 2.09. The molecule has 0 unspecified atom stereocenters. The number of nitrogens with one attached hydrogen (secondary N) is 2. The van der Waals surface area contributed by atoms with Crippen molar-refractivity contribution in [2.24, 2.45) is 0 Å². The van der Waals surface area contributed by atoms with Crippen molar-refractivity contribution in [2.45, 2.75) is 13.5 Å². The van der Waals surface area contributed by atoms with E-state index >= 15 is 0 Å². The molecule has 0 aliphatic heterocycles. The van der Waals surface area contributed by atoms with Crippen molar-refractivity contribution in [3.8, 4) is 11.5 Å². The van der Waals surface area contributed by atoms with Crippen molar-refractivity contribution in [3.05, 3.63) is 46.6 Å². The highest BCUT2D eigenvalue weighted by molar-refractivity contribution is 5.91. The van der Waals surface area contributed by atoms with E-state index < -0.39 is 6.03 Å². The van der Waals surface area contributed by atoms with Gasteiger partial charge in [0.15, 0.2) is 0 Å². The molecule has 0 aliphatic carbocycles. The summed E-state index contributed by atoms with van der Waals surface area (Å²) in [5.74, 6) is 1.12. The number of methoxy groups -OCH3 is 2. The quantitative estimate of drug-likeness (QED) is 0.833. The van der Waals surface area contributed by atoms with Crippen molar-refractivity contribution in [3.63, 3.8) is 0 Å². The van der Waals surface area contributed by atoms with Crippen LogP contribution in [-0.4, -0.2) is 36.3 Å². The van der Waals surface area contributed by atoms with Gasteiger partial charge in [0, 0.05) is 30.9 Å². The molecular formula is C16H20N4O4. The summed E-state index contributed by atoms with van der Waals surface area (Å²) in [6, 6.07) is 4.69. The third kappa shape index (κ3) is 4.25. The Hall–Kier alpha value is -3.03. The monoisotopic (exact) mass is 332 g/mol. The lowest BCUT2D eigenvalue weighted by atomic mass is 10.2. The van der Waals surface area contributed by atoms with Gasteiger partial charge < -0.3 is 20.1 Å². The number of aromatic nitrogens is 2. The molecule has 24 heavy (non-hydrogen) atoms. The standard InChI is InChI=1S/C16H20N4O4/c1-11-9-17-10-20(15(11)21)7-6-18-16(22)19-13-8-12(23-2)4-5-14(13)24-3/h4-5,8-10H,6-7H2,1-3H3,(H2,18,19,22). The molecule has 1 heterocycles. The lowest BCUT2D eigenvalue weighted by Crippen LogP contribution is -2.34. The number of ether oxygens (including phenoxy) is 2. The Morgan fingerprint density at radius 3 is 2.79 bits per heavy atom. The Morgan fingerprint density at radius 2 is 2.08 bits per heavy atom. The zero-order valence-electron chi connectivity index (χ0n) is 13.8. The van der Waals surface area contributed by atoms with Crippen molar-refractivity contribution < 1.29 is 14.3 Å². The first-order valence-corrected chi connectivity index (χ1v) is 7.33. The Kier molecular flexibility index (Phi) is 5.78. The van der Waals surface area contributed by atoms with Crippen LogP contribution in [0.2, 0.25) is 0 Å². The van der Waals surface area contributed by atoms with Crippen LogP contribution in [0, 0.1) is 6.92 Å². The predicted octanol–water partition coefficient (Wildman–Crippen LogP) is 1.39. The molecule has 8 heteroatoms. The lowest BCUT2D eigenvalue weighted by Gasteiger charge is -2.13. The maximum absolute atomic E-state index is 12.0. The summed E-state index contributed by atoms with van der Waals surface area (Å²) in [5, 5.41) is 5.37. The average Bonchev–Trinajstić information content (AvgIpc) is 2.58. The molecule has 0 saturated heterocycles. The number of anilines is 1. The molecule has 0 saturated carbocycles. The maximum atomic E-state index is 12.0. The molecule has 0 fully saturated rings. The van der Waals surface area contributed by atoms with Gasteiger partial charge in [0.1, 0.15) is 11.5 Å². The normalized spacial score (nSPS) is 10.1. The Bertz CT molecular complexity index is 773. The minimum atomic E-state index is -0.407. The fraction of sp³-hybridized carbons (Fsp3) is 0.312. The highest BCUT2D eigenvalue weighted by Crippen LogP contribution is 2.28. The summed E-state index contributed by atoms with van der Waals surface area (Å²) in [5.41, 5.74) is 0.925. The van der Waals surface area contributed by atoms with Gasteiger partial charge in [0.2, 0.25) is 0 Å².